The molecule has 3 nitrogen and oxygen atoms in total. The molecule has 1 saturated heterocycles. The van der Waals surface area contributed by atoms with Gasteiger partial charge in [-0.2, -0.15) is 0 Å². The molecule has 0 N–H and O–H groups in total. The van der Waals surface area contributed by atoms with Crippen LogP contribution in [0.1, 0.15) is 77.8 Å². The highest BCUT2D eigenvalue weighted by Crippen LogP contribution is 2.62. The van der Waals surface area contributed by atoms with Crippen LogP contribution in [-0.2, 0) is 14.7 Å². The number of benzene rings is 4. The third-order valence-corrected chi connectivity index (χ3v) is 12.2. The quantitative estimate of drug-likeness (QED) is 0.195. The fourth-order valence-electron chi connectivity index (χ4n) is 9.41. The average molecular weight is 581 g/mol. The molecule has 44 heavy (non-hydrogen) atoms. The van der Waals surface area contributed by atoms with E-state index >= 15 is 0 Å². The summed E-state index contributed by atoms with van der Waals surface area (Å²) in [5.74, 6) is 2.43. The topological polar surface area (TPSA) is 31.6 Å². The maximum atomic E-state index is 6.53. The Kier molecular flexibility index (Phi) is 5.60. The number of fused-ring (bicyclic) bond motifs is 11. The molecular formula is C40H41BO3. The zero-order valence-electron chi connectivity index (χ0n) is 26.6. The van der Waals surface area contributed by atoms with E-state index in [4.69, 9.17) is 13.7 Å². The second kappa shape index (κ2) is 9.11. The van der Waals surface area contributed by atoms with Crippen LogP contribution >= 0.6 is 0 Å². The van der Waals surface area contributed by atoms with E-state index in [0.29, 0.717) is 0 Å². The van der Waals surface area contributed by atoms with Crippen molar-refractivity contribution in [2.45, 2.75) is 83.3 Å². The van der Waals surface area contributed by atoms with Crippen LogP contribution in [0, 0.1) is 17.8 Å². The summed E-state index contributed by atoms with van der Waals surface area (Å²) in [5.41, 5.74) is 10.7. The average Bonchev–Trinajstić information content (AvgIpc) is 3.58. The first-order valence-electron chi connectivity index (χ1n) is 16.7. The Hall–Kier alpha value is -3.34. The molecule has 4 unspecified atom stereocenters. The molecule has 4 heteroatoms. The molecule has 2 bridgehead atoms. The maximum absolute atomic E-state index is 6.53. The molecular weight excluding hydrogens is 539 g/mol. The van der Waals surface area contributed by atoms with Crippen LogP contribution in [0.3, 0.4) is 0 Å². The van der Waals surface area contributed by atoms with Crippen molar-refractivity contribution in [1.82, 2.24) is 0 Å². The molecule has 222 valence electrons. The summed E-state index contributed by atoms with van der Waals surface area (Å²) in [6, 6.07) is 29.6. The molecule has 4 aromatic carbocycles. The lowest BCUT2D eigenvalue weighted by Gasteiger charge is -2.50. The van der Waals surface area contributed by atoms with Crippen LogP contribution in [0.2, 0.25) is 0 Å². The maximum Gasteiger partial charge on any atom is 0.494 e. The van der Waals surface area contributed by atoms with Gasteiger partial charge in [-0.15, -0.1) is 0 Å². The molecule has 1 aliphatic heterocycles. The van der Waals surface area contributed by atoms with Gasteiger partial charge in [0.05, 0.1) is 11.2 Å². The van der Waals surface area contributed by atoms with E-state index in [9.17, 15) is 0 Å². The minimum atomic E-state index is -0.404. The van der Waals surface area contributed by atoms with Crippen LogP contribution in [0.25, 0.3) is 44.2 Å². The third-order valence-electron chi connectivity index (χ3n) is 12.2. The van der Waals surface area contributed by atoms with E-state index in [1.54, 1.807) is 11.1 Å². The summed E-state index contributed by atoms with van der Waals surface area (Å²) >= 11 is 0. The van der Waals surface area contributed by atoms with Crippen molar-refractivity contribution in [2.24, 2.45) is 17.8 Å². The molecule has 1 spiro atoms. The van der Waals surface area contributed by atoms with Crippen LogP contribution in [0.15, 0.2) is 83.3 Å². The molecule has 2 heterocycles. The minimum Gasteiger partial charge on any atom is -0.456 e. The van der Waals surface area contributed by atoms with E-state index in [-0.39, 0.29) is 16.6 Å². The minimum absolute atomic E-state index is 0.139. The van der Waals surface area contributed by atoms with Crippen molar-refractivity contribution in [3.05, 3.63) is 90.0 Å². The van der Waals surface area contributed by atoms with E-state index in [2.05, 4.69) is 113 Å². The van der Waals surface area contributed by atoms with E-state index in [1.807, 2.05) is 0 Å². The Morgan fingerprint density at radius 3 is 2.18 bits per heavy atom. The van der Waals surface area contributed by atoms with Gasteiger partial charge in [-0.25, -0.2) is 0 Å². The molecule has 4 atom stereocenters. The molecule has 2 saturated carbocycles. The van der Waals surface area contributed by atoms with Crippen molar-refractivity contribution in [3.63, 3.8) is 0 Å². The largest absolute Gasteiger partial charge is 0.494 e. The van der Waals surface area contributed by atoms with Gasteiger partial charge in [-0.05, 0) is 141 Å². The first-order chi connectivity index (χ1) is 21.1. The van der Waals surface area contributed by atoms with Gasteiger partial charge in [-0.1, -0.05) is 61.5 Å². The summed E-state index contributed by atoms with van der Waals surface area (Å²) in [5, 5.41) is 2.27. The van der Waals surface area contributed by atoms with E-state index in [1.165, 1.54) is 54.4 Å². The molecule has 1 aromatic heterocycles. The molecule has 4 aliphatic rings. The van der Waals surface area contributed by atoms with Crippen molar-refractivity contribution >= 4 is 34.5 Å². The normalized spacial score (nSPS) is 28.1. The lowest BCUT2D eigenvalue weighted by atomic mass is 9.53. The molecule has 3 aliphatic carbocycles. The van der Waals surface area contributed by atoms with Crippen LogP contribution < -0.4 is 5.46 Å². The second-order valence-corrected chi connectivity index (χ2v) is 15.3. The van der Waals surface area contributed by atoms with Gasteiger partial charge in [0.2, 0.25) is 0 Å². The smallest absolute Gasteiger partial charge is 0.456 e. The molecule has 0 amide bonds. The zero-order valence-corrected chi connectivity index (χ0v) is 26.6. The Bertz CT molecular complexity index is 1950. The highest BCUT2D eigenvalue weighted by atomic mass is 16.7. The van der Waals surface area contributed by atoms with Crippen LogP contribution in [0.5, 0.6) is 0 Å². The number of hydrogen-bond donors (Lipinski definition) is 0. The summed E-state index contributed by atoms with van der Waals surface area (Å²) in [4.78, 5) is 0. The fourth-order valence-corrected chi connectivity index (χ4v) is 9.41. The summed E-state index contributed by atoms with van der Waals surface area (Å²) in [6.07, 6.45) is 6.75. The highest BCUT2D eigenvalue weighted by molar-refractivity contribution is 6.62. The van der Waals surface area contributed by atoms with Crippen LogP contribution in [0.4, 0.5) is 0 Å². The van der Waals surface area contributed by atoms with Crippen molar-refractivity contribution < 1.29 is 13.7 Å². The Balaban J connectivity index is 1.12. The number of rotatable bonds is 2. The molecule has 0 radical (unpaired) electrons. The standard InChI is InChI=1S/C40H41BO3/c1-24-18-25-16-17-40(28(19-24)20-25)34-9-7-6-8-30(34)31-13-10-26(21-35(31)40)27-11-14-32-33-15-12-29(23-37(33)42-36(32)22-27)41-43-38(2,3)39(4,5)44-41/h6-15,21-25,28H,16-20H2,1-5H3. The van der Waals surface area contributed by atoms with E-state index < -0.39 is 7.12 Å². The van der Waals surface area contributed by atoms with Crippen molar-refractivity contribution in [2.75, 3.05) is 0 Å². The summed E-state index contributed by atoms with van der Waals surface area (Å²) < 4.78 is 19.2. The Morgan fingerprint density at radius 2 is 1.36 bits per heavy atom. The van der Waals surface area contributed by atoms with E-state index in [0.717, 1.165) is 45.2 Å². The summed E-state index contributed by atoms with van der Waals surface area (Å²) in [7, 11) is -0.404. The Labute approximate surface area is 261 Å². The fraction of sp³-hybridized carbons (Fsp3) is 0.400. The molecule has 3 fully saturated rings. The summed E-state index contributed by atoms with van der Waals surface area (Å²) in [6.45, 7) is 10.9. The zero-order chi connectivity index (χ0) is 30.0. The monoisotopic (exact) mass is 580 g/mol. The lowest BCUT2D eigenvalue weighted by Crippen LogP contribution is -2.44. The van der Waals surface area contributed by atoms with Crippen molar-refractivity contribution in [1.29, 1.82) is 0 Å². The van der Waals surface area contributed by atoms with Gasteiger partial charge < -0.3 is 13.7 Å². The van der Waals surface area contributed by atoms with Gasteiger partial charge >= 0.3 is 7.12 Å². The predicted octanol–water partition coefficient (Wildman–Crippen LogP) is 9.66. The van der Waals surface area contributed by atoms with Gasteiger partial charge in [0, 0.05) is 16.2 Å². The van der Waals surface area contributed by atoms with Crippen molar-refractivity contribution in [3.8, 4) is 22.3 Å². The first-order valence-corrected chi connectivity index (χ1v) is 16.7. The molecule has 5 aromatic rings. The second-order valence-electron chi connectivity index (χ2n) is 15.3. The van der Waals surface area contributed by atoms with Gasteiger partial charge in [0.1, 0.15) is 11.2 Å². The number of furan rings is 1. The Morgan fingerprint density at radius 1 is 0.682 bits per heavy atom. The molecule has 9 rings (SSSR count). The predicted molar refractivity (Wildman–Crippen MR) is 180 cm³/mol. The SMILES string of the molecule is CC1CC2CCC3(c4ccccc4-c4ccc(-c5ccc6c(c5)oc5cc(B7OC(C)(C)C(C)(C)O7)ccc56)cc43)C(C1)C2. The van der Waals surface area contributed by atoms with Gasteiger partial charge in [0.15, 0.2) is 0 Å². The first kappa shape index (κ1) is 27.0. The number of hydrogen-bond acceptors (Lipinski definition) is 3. The lowest BCUT2D eigenvalue weighted by molar-refractivity contribution is 0.00578. The highest BCUT2D eigenvalue weighted by Gasteiger charge is 2.53. The third kappa shape index (κ3) is 3.71. The van der Waals surface area contributed by atoms with Gasteiger partial charge in [-0.3, -0.25) is 0 Å². The van der Waals surface area contributed by atoms with Crippen LogP contribution in [-0.4, -0.2) is 18.3 Å². The van der Waals surface area contributed by atoms with Gasteiger partial charge in [0.25, 0.3) is 0 Å².